The lowest BCUT2D eigenvalue weighted by Gasteiger charge is -2.30. The molecule has 2 heterocycles. The van der Waals surface area contributed by atoms with Gasteiger partial charge in [-0.05, 0) is 68.7 Å². The fourth-order valence-corrected chi connectivity index (χ4v) is 5.46. The van der Waals surface area contributed by atoms with Crippen LogP contribution in [-0.4, -0.2) is 32.4 Å². The number of hydrogen-bond acceptors (Lipinski definition) is 4. The molecular formula is C28H34N4O3. The van der Waals surface area contributed by atoms with Gasteiger partial charge in [-0.2, -0.15) is 0 Å². The minimum Gasteiger partial charge on any atom is -0.481 e. The second-order valence-electron chi connectivity index (χ2n) is 10.2. The first-order valence-corrected chi connectivity index (χ1v) is 12.8. The van der Waals surface area contributed by atoms with Gasteiger partial charge < -0.3 is 15.7 Å². The molecule has 3 N–H and O–H groups in total. The predicted octanol–water partition coefficient (Wildman–Crippen LogP) is 5.73. The molecule has 2 aliphatic rings. The molecule has 1 atom stereocenters. The van der Waals surface area contributed by atoms with Crippen molar-refractivity contribution in [2.45, 2.75) is 77.2 Å². The third-order valence-corrected chi connectivity index (χ3v) is 7.54. The van der Waals surface area contributed by atoms with E-state index in [1.807, 2.05) is 16.7 Å². The van der Waals surface area contributed by atoms with E-state index in [2.05, 4.69) is 42.7 Å². The highest BCUT2D eigenvalue weighted by molar-refractivity contribution is 6.00. The zero-order valence-corrected chi connectivity index (χ0v) is 20.5. The van der Waals surface area contributed by atoms with Gasteiger partial charge in [-0.25, -0.2) is 4.98 Å². The Labute approximate surface area is 206 Å². The normalized spacial score (nSPS) is 17.3. The van der Waals surface area contributed by atoms with E-state index in [1.54, 1.807) is 6.07 Å². The maximum atomic E-state index is 13.5. The Bertz CT molecular complexity index is 1230. The Balaban J connectivity index is 1.49. The molecule has 0 spiro atoms. The number of carbonyl (C=O) groups is 2. The SMILES string of the molecule is Cc1cccc(C)c1Nc1c(C2CC2)nc2c(C(=O)NC(CC(=O)O)C3CCCCC3)cccn12. The number of nitrogens with one attached hydrogen (secondary N) is 2. The van der Waals surface area contributed by atoms with Gasteiger partial charge in [0.25, 0.3) is 5.91 Å². The summed E-state index contributed by atoms with van der Waals surface area (Å²) < 4.78 is 1.97. The van der Waals surface area contributed by atoms with E-state index in [0.29, 0.717) is 17.1 Å². The van der Waals surface area contributed by atoms with Crippen LogP contribution in [0.25, 0.3) is 5.65 Å². The van der Waals surface area contributed by atoms with Crippen molar-refractivity contribution in [1.29, 1.82) is 0 Å². The molecule has 35 heavy (non-hydrogen) atoms. The quantitative estimate of drug-likeness (QED) is 0.388. The van der Waals surface area contributed by atoms with Crippen molar-refractivity contribution in [2.24, 2.45) is 5.92 Å². The van der Waals surface area contributed by atoms with Crippen molar-refractivity contribution in [3.05, 3.63) is 58.9 Å². The number of carboxylic acid groups (broad SMARTS) is 1. The van der Waals surface area contributed by atoms with Crippen LogP contribution in [-0.2, 0) is 4.79 Å². The molecule has 2 aliphatic carbocycles. The van der Waals surface area contributed by atoms with Crippen molar-refractivity contribution in [2.75, 3.05) is 5.32 Å². The second-order valence-corrected chi connectivity index (χ2v) is 10.2. The van der Waals surface area contributed by atoms with Crippen LogP contribution in [0.15, 0.2) is 36.5 Å². The fourth-order valence-electron chi connectivity index (χ4n) is 5.46. The molecule has 2 fully saturated rings. The summed E-state index contributed by atoms with van der Waals surface area (Å²) in [7, 11) is 0. The number of nitrogens with zero attached hydrogens (tertiary/aromatic N) is 2. The van der Waals surface area contributed by atoms with Crippen LogP contribution in [0.4, 0.5) is 11.5 Å². The number of aromatic nitrogens is 2. The van der Waals surface area contributed by atoms with Gasteiger partial charge >= 0.3 is 5.97 Å². The fraction of sp³-hybridized carbons (Fsp3) is 0.464. The summed E-state index contributed by atoms with van der Waals surface area (Å²) >= 11 is 0. The van der Waals surface area contributed by atoms with Crippen LogP contribution < -0.4 is 10.6 Å². The third-order valence-electron chi connectivity index (χ3n) is 7.54. The van der Waals surface area contributed by atoms with Crippen LogP contribution in [0.2, 0.25) is 0 Å². The van der Waals surface area contributed by atoms with Crippen LogP contribution in [0.3, 0.4) is 0 Å². The van der Waals surface area contributed by atoms with Crippen molar-refractivity contribution < 1.29 is 14.7 Å². The highest BCUT2D eigenvalue weighted by Crippen LogP contribution is 2.44. The standard InChI is InChI=1S/C28H34N4O3/c1-17-8-6-9-18(2)24(17)30-27-25(20-13-14-20)31-26-21(12-7-15-32(26)27)28(35)29-22(16-23(33)34)19-10-4-3-5-11-19/h6-9,12,15,19-20,22,30H,3-5,10-11,13-14,16H2,1-2H3,(H,29,35)(H,33,34). The van der Waals surface area contributed by atoms with Gasteiger partial charge in [-0.15, -0.1) is 0 Å². The van der Waals surface area contributed by atoms with Crippen molar-refractivity contribution in [1.82, 2.24) is 14.7 Å². The Morgan fingerprint density at radius 2 is 1.77 bits per heavy atom. The average molecular weight is 475 g/mol. The molecule has 0 radical (unpaired) electrons. The topological polar surface area (TPSA) is 95.7 Å². The molecule has 1 aromatic carbocycles. The van der Waals surface area contributed by atoms with E-state index in [1.165, 1.54) is 6.42 Å². The van der Waals surface area contributed by atoms with E-state index in [0.717, 1.165) is 66.9 Å². The van der Waals surface area contributed by atoms with Gasteiger partial charge in [0.1, 0.15) is 5.82 Å². The number of aryl methyl sites for hydroxylation is 2. The molecule has 0 aliphatic heterocycles. The smallest absolute Gasteiger partial charge is 0.305 e. The predicted molar refractivity (Wildman–Crippen MR) is 136 cm³/mol. The molecular weight excluding hydrogens is 440 g/mol. The number of aliphatic carboxylic acids is 1. The number of benzene rings is 1. The summed E-state index contributed by atoms with van der Waals surface area (Å²) in [6, 6.07) is 9.50. The van der Waals surface area contributed by atoms with Crippen LogP contribution in [0.1, 0.15) is 84.5 Å². The molecule has 2 aromatic heterocycles. The largest absolute Gasteiger partial charge is 0.481 e. The molecule has 3 aromatic rings. The lowest BCUT2D eigenvalue weighted by molar-refractivity contribution is -0.137. The first kappa shape index (κ1) is 23.4. The summed E-state index contributed by atoms with van der Waals surface area (Å²) in [6.45, 7) is 4.17. The molecule has 2 saturated carbocycles. The van der Waals surface area contributed by atoms with Gasteiger partial charge in [-0.1, -0.05) is 37.5 Å². The van der Waals surface area contributed by atoms with Crippen molar-refractivity contribution >= 4 is 29.0 Å². The lowest BCUT2D eigenvalue weighted by Crippen LogP contribution is -2.42. The number of fused-ring (bicyclic) bond motifs is 1. The highest BCUT2D eigenvalue weighted by atomic mass is 16.4. The van der Waals surface area contributed by atoms with Gasteiger partial charge in [0, 0.05) is 23.8 Å². The van der Waals surface area contributed by atoms with E-state index in [4.69, 9.17) is 4.98 Å². The molecule has 7 heteroatoms. The number of imidazole rings is 1. The summed E-state index contributed by atoms with van der Waals surface area (Å²) in [5, 5.41) is 16.2. The van der Waals surface area contributed by atoms with Gasteiger partial charge in [-0.3, -0.25) is 14.0 Å². The summed E-state index contributed by atoms with van der Waals surface area (Å²) in [4.78, 5) is 30.0. The number of amides is 1. The molecule has 1 amide bonds. The number of anilines is 2. The first-order chi connectivity index (χ1) is 16.9. The maximum absolute atomic E-state index is 13.5. The molecule has 0 saturated heterocycles. The van der Waals surface area contributed by atoms with E-state index < -0.39 is 5.97 Å². The van der Waals surface area contributed by atoms with Gasteiger partial charge in [0.2, 0.25) is 0 Å². The molecule has 184 valence electrons. The monoisotopic (exact) mass is 474 g/mol. The number of carboxylic acids is 1. The Morgan fingerprint density at radius 1 is 1.06 bits per heavy atom. The van der Waals surface area contributed by atoms with Gasteiger partial charge in [0.05, 0.1) is 17.7 Å². The first-order valence-electron chi connectivity index (χ1n) is 12.8. The van der Waals surface area contributed by atoms with Crippen LogP contribution in [0.5, 0.6) is 0 Å². The number of carbonyl (C=O) groups excluding carboxylic acids is 1. The van der Waals surface area contributed by atoms with E-state index in [-0.39, 0.29) is 24.3 Å². The van der Waals surface area contributed by atoms with Crippen molar-refractivity contribution in [3.63, 3.8) is 0 Å². The highest BCUT2D eigenvalue weighted by Gasteiger charge is 2.32. The number of hydrogen-bond donors (Lipinski definition) is 3. The molecule has 0 bridgehead atoms. The Morgan fingerprint density at radius 3 is 2.43 bits per heavy atom. The minimum atomic E-state index is -0.879. The maximum Gasteiger partial charge on any atom is 0.305 e. The number of para-hydroxylation sites is 1. The zero-order valence-electron chi connectivity index (χ0n) is 20.5. The summed E-state index contributed by atoms with van der Waals surface area (Å²) in [5.41, 5.74) is 5.44. The number of rotatable bonds is 8. The molecule has 5 rings (SSSR count). The Hall–Kier alpha value is -3.35. The molecule has 1 unspecified atom stereocenters. The van der Waals surface area contributed by atoms with Crippen LogP contribution >= 0.6 is 0 Å². The summed E-state index contributed by atoms with van der Waals surface area (Å²) in [6.07, 6.45) is 9.34. The Kier molecular flexibility index (Phi) is 6.50. The molecule has 7 nitrogen and oxygen atoms in total. The lowest BCUT2D eigenvalue weighted by atomic mass is 9.82. The van der Waals surface area contributed by atoms with E-state index in [9.17, 15) is 14.7 Å². The van der Waals surface area contributed by atoms with Crippen molar-refractivity contribution in [3.8, 4) is 0 Å². The van der Waals surface area contributed by atoms with Gasteiger partial charge in [0.15, 0.2) is 5.65 Å². The van der Waals surface area contributed by atoms with E-state index >= 15 is 0 Å². The average Bonchev–Trinajstić information content (AvgIpc) is 3.62. The zero-order chi connectivity index (χ0) is 24.5. The number of pyridine rings is 1. The summed E-state index contributed by atoms with van der Waals surface area (Å²) in [5.74, 6) is 0.365. The van der Waals surface area contributed by atoms with Crippen LogP contribution in [0, 0.1) is 19.8 Å². The minimum absolute atomic E-state index is 0.0549. The third kappa shape index (κ3) is 4.90. The second kappa shape index (κ2) is 9.72.